The molecule has 1 aliphatic rings. The molecule has 0 atom stereocenters. The number of carbonyl (C=O) groups is 3. The Morgan fingerprint density at radius 1 is 1.04 bits per heavy atom. The fraction of sp³-hybridized carbons (Fsp3) is 0.550. The lowest BCUT2D eigenvalue weighted by atomic mass is 10.1. The van der Waals surface area contributed by atoms with Crippen molar-refractivity contribution in [1.29, 1.82) is 0 Å². The molecule has 0 saturated carbocycles. The Balaban J connectivity index is 1.83. The number of hydrogen-bond donors (Lipinski definition) is 1. The third-order valence-electron chi connectivity index (χ3n) is 4.81. The topological polar surface area (TPSA) is 73.0 Å². The minimum Gasteiger partial charge on any atom is -0.369 e. The van der Waals surface area contributed by atoms with Gasteiger partial charge in [0.25, 0.3) is 0 Å². The lowest BCUT2D eigenvalue weighted by Crippen LogP contribution is -2.51. The van der Waals surface area contributed by atoms with E-state index < -0.39 is 0 Å². The van der Waals surface area contributed by atoms with Crippen LogP contribution in [0.15, 0.2) is 24.3 Å². The molecule has 0 spiro atoms. The lowest BCUT2D eigenvalue weighted by Gasteiger charge is -2.36. The molecular weight excluding hydrogens is 344 g/mol. The number of anilines is 1. The zero-order valence-electron chi connectivity index (χ0n) is 16.5. The van der Waals surface area contributed by atoms with Crippen LogP contribution in [0.4, 0.5) is 5.69 Å². The molecule has 1 aliphatic heterocycles. The SMILES string of the molecule is CCNC(=O)CN(CC)C(=O)CN1CCN(c2ccc(C(C)=O)cc2)CC1. The van der Waals surface area contributed by atoms with Gasteiger partial charge in [-0.15, -0.1) is 0 Å². The van der Waals surface area contributed by atoms with E-state index in [0.717, 1.165) is 37.4 Å². The highest BCUT2D eigenvalue weighted by molar-refractivity contribution is 5.94. The number of ketones is 1. The lowest BCUT2D eigenvalue weighted by molar-refractivity contribution is -0.136. The minimum absolute atomic E-state index is 0.0111. The minimum atomic E-state index is -0.119. The standard InChI is InChI=1S/C20H30N4O3/c1-4-21-19(26)14-23(5-2)20(27)15-22-10-12-24(13-11-22)18-8-6-17(7-9-18)16(3)25/h6-9H,4-5,10-15H2,1-3H3,(H,21,26). The van der Waals surface area contributed by atoms with Gasteiger partial charge in [0.1, 0.15) is 0 Å². The van der Waals surface area contributed by atoms with Crippen molar-refractivity contribution in [2.45, 2.75) is 20.8 Å². The molecule has 7 nitrogen and oxygen atoms in total. The Morgan fingerprint density at radius 3 is 2.19 bits per heavy atom. The molecule has 1 N–H and O–H groups in total. The van der Waals surface area contributed by atoms with Crippen molar-refractivity contribution < 1.29 is 14.4 Å². The summed E-state index contributed by atoms with van der Waals surface area (Å²) in [6, 6.07) is 7.66. The summed E-state index contributed by atoms with van der Waals surface area (Å²) in [6.07, 6.45) is 0. The van der Waals surface area contributed by atoms with E-state index in [1.54, 1.807) is 11.8 Å². The smallest absolute Gasteiger partial charge is 0.239 e. The summed E-state index contributed by atoms with van der Waals surface area (Å²) in [4.78, 5) is 41.6. The van der Waals surface area contributed by atoms with E-state index in [4.69, 9.17) is 0 Å². The van der Waals surface area contributed by atoms with Gasteiger partial charge in [0.15, 0.2) is 5.78 Å². The molecule has 0 unspecified atom stereocenters. The second kappa shape index (κ2) is 10.1. The van der Waals surface area contributed by atoms with Crippen LogP contribution in [-0.4, -0.2) is 79.8 Å². The monoisotopic (exact) mass is 374 g/mol. The van der Waals surface area contributed by atoms with Crippen LogP contribution < -0.4 is 10.2 Å². The second-order valence-electron chi connectivity index (χ2n) is 6.73. The van der Waals surface area contributed by atoms with E-state index in [1.807, 2.05) is 38.1 Å². The maximum atomic E-state index is 12.5. The van der Waals surface area contributed by atoms with Crippen molar-refractivity contribution in [2.24, 2.45) is 0 Å². The molecule has 1 aromatic carbocycles. The van der Waals surface area contributed by atoms with Gasteiger partial charge in [-0.1, -0.05) is 0 Å². The molecule has 2 rings (SSSR count). The van der Waals surface area contributed by atoms with Gasteiger partial charge in [-0.3, -0.25) is 19.3 Å². The van der Waals surface area contributed by atoms with Crippen LogP contribution >= 0.6 is 0 Å². The van der Waals surface area contributed by atoms with Crippen molar-refractivity contribution in [3.8, 4) is 0 Å². The van der Waals surface area contributed by atoms with Crippen molar-refractivity contribution in [1.82, 2.24) is 15.1 Å². The number of benzene rings is 1. The highest BCUT2D eigenvalue weighted by atomic mass is 16.2. The molecule has 0 aromatic heterocycles. The van der Waals surface area contributed by atoms with Gasteiger partial charge in [0, 0.05) is 50.5 Å². The normalized spacial score (nSPS) is 14.7. The summed E-state index contributed by atoms with van der Waals surface area (Å²) in [6.45, 7) is 10.1. The summed E-state index contributed by atoms with van der Waals surface area (Å²) in [5.41, 5.74) is 1.81. The van der Waals surface area contributed by atoms with Crippen molar-refractivity contribution in [3.05, 3.63) is 29.8 Å². The van der Waals surface area contributed by atoms with Gasteiger partial charge in [-0.25, -0.2) is 0 Å². The maximum Gasteiger partial charge on any atom is 0.239 e. The van der Waals surface area contributed by atoms with E-state index >= 15 is 0 Å². The van der Waals surface area contributed by atoms with Gasteiger partial charge in [-0.2, -0.15) is 0 Å². The zero-order valence-corrected chi connectivity index (χ0v) is 16.5. The Morgan fingerprint density at radius 2 is 1.67 bits per heavy atom. The number of nitrogens with zero attached hydrogens (tertiary/aromatic N) is 3. The van der Waals surface area contributed by atoms with Crippen LogP contribution in [0.25, 0.3) is 0 Å². The predicted octanol–water partition coefficient (Wildman–Crippen LogP) is 0.996. The molecule has 0 aliphatic carbocycles. The number of rotatable bonds is 8. The van der Waals surface area contributed by atoms with E-state index in [1.165, 1.54) is 0 Å². The van der Waals surface area contributed by atoms with Crippen LogP contribution in [-0.2, 0) is 9.59 Å². The Bertz CT molecular complexity index is 652. The highest BCUT2D eigenvalue weighted by Crippen LogP contribution is 2.17. The van der Waals surface area contributed by atoms with Gasteiger partial charge in [0.2, 0.25) is 11.8 Å². The van der Waals surface area contributed by atoms with Crippen LogP contribution in [0.5, 0.6) is 0 Å². The first kappa shape index (κ1) is 20.9. The molecule has 1 saturated heterocycles. The molecule has 0 bridgehead atoms. The molecule has 0 radical (unpaired) electrons. The van der Waals surface area contributed by atoms with Crippen molar-refractivity contribution in [2.75, 3.05) is 57.3 Å². The first-order valence-corrected chi connectivity index (χ1v) is 9.57. The molecule has 7 heteroatoms. The predicted molar refractivity (Wildman–Crippen MR) is 106 cm³/mol. The van der Waals surface area contributed by atoms with E-state index in [9.17, 15) is 14.4 Å². The third kappa shape index (κ3) is 6.06. The van der Waals surface area contributed by atoms with Crippen molar-refractivity contribution >= 4 is 23.3 Å². The Hall–Kier alpha value is -2.41. The first-order chi connectivity index (χ1) is 12.9. The number of piperazine rings is 1. The van der Waals surface area contributed by atoms with Gasteiger partial charge < -0.3 is 15.1 Å². The second-order valence-corrected chi connectivity index (χ2v) is 6.73. The Labute approximate surface area is 161 Å². The fourth-order valence-corrected chi connectivity index (χ4v) is 3.17. The summed E-state index contributed by atoms with van der Waals surface area (Å²) < 4.78 is 0. The quantitative estimate of drug-likeness (QED) is 0.687. The highest BCUT2D eigenvalue weighted by Gasteiger charge is 2.22. The fourth-order valence-electron chi connectivity index (χ4n) is 3.17. The molecule has 2 amide bonds. The summed E-state index contributed by atoms with van der Waals surface area (Å²) in [5.74, 6) is -0.0625. The van der Waals surface area contributed by atoms with Crippen molar-refractivity contribution in [3.63, 3.8) is 0 Å². The van der Waals surface area contributed by atoms with Crippen LogP contribution in [0.3, 0.4) is 0 Å². The summed E-state index contributed by atoms with van der Waals surface area (Å²) >= 11 is 0. The van der Waals surface area contributed by atoms with Crippen LogP contribution in [0.1, 0.15) is 31.1 Å². The number of likely N-dealkylation sites (N-methyl/N-ethyl adjacent to an activating group) is 2. The van der Waals surface area contributed by atoms with E-state index in [-0.39, 0.29) is 24.1 Å². The first-order valence-electron chi connectivity index (χ1n) is 9.57. The van der Waals surface area contributed by atoms with Gasteiger partial charge in [0.05, 0.1) is 13.1 Å². The largest absolute Gasteiger partial charge is 0.369 e. The number of Topliss-reactive ketones (excluding diaryl/α,β-unsaturated/α-hetero) is 1. The number of nitrogens with one attached hydrogen (secondary N) is 1. The molecule has 27 heavy (non-hydrogen) atoms. The van der Waals surface area contributed by atoms with Gasteiger partial charge in [-0.05, 0) is 45.0 Å². The third-order valence-corrected chi connectivity index (χ3v) is 4.81. The Kier molecular flexibility index (Phi) is 7.79. The number of amides is 2. The number of carbonyl (C=O) groups excluding carboxylic acids is 3. The molecular formula is C20H30N4O3. The average Bonchev–Trinajstić information content (AvgIpc) is 2.67. The molecule has 148 valence electrons. The van der Waals surface area contributed by atoms with Crippen LogP contribution in [0, 0.1) is 0 Å². The van der Waals surface area contributed by atoms with E-state index in [2.05, 4.69) is 15.1 Å². The van der Waals surface area contributed by atoms with Gasteiger partial charge >= 0.3 is 0 Å². The molecule has 1 aromatic rings. The van der Waals surface area contributed by atoms with E-state index in [0.29, 0.717) is 19.6 Å². The molecule has 1 heterocycles. The maximum absolute atomic E-state index is 12.5. The summed E-state index contributed by atoms with van der Waals surface area (Å²) in [5, 5.41) is 2.73. The number of hydrogen-bond acceptors (Lipinski definition) is 5. The summed E-state index contributed by atoms with van der Waals surface area (Å²) in [7, 11) is 0. The molecule has 1 fully saturated rings. The average molecular weight is 374 g/mol. The zero-order chi connectivity index (χ0) is 19.8. The van der Waals surface area contributed by atoms with Crippen LogP contribution in [0.2, 0.25) is 0 Å².